The molecule has 1 atom stereocenters. The Morgan fingerprint density at radius 1 is 1.57 bits per heavy atom. The van der Waals surface area contributed by atoms with Crippen LogP contribution in [0, 0.1) is 5.82 Å². The zero-order valence-corrected chi connectivity index (χ0v) is 12.6. The Hall–Kier alpha value is -1.66. The van der Waals surface area contributed by atoms with E-state index in [0.717, 1.165) is 13.1 Å². The molecule has 1 aromatic carbocycles. The Kier molecular flexibility index (Phi) is 5.14. The van der Waals surface area contributed by atoms with Gasteiger partial charge in [-0.2, -0.15) is 0 Å². The number of likely N-dealkylation sites (tertiary alicyclic amines) is 1. The number of nitrogens with one attached hydrogen (secondary N) is 1. The second-order valence-corrected chi connectivity index (χ2v) is 5.76. The van der Waals surface area contributed by atoms with Crippen molar-refractivity contribution in [2.45, 2.75) is 18.9 Å². The fourth-order valence-electron chi connectivity index (χ4n) is 2.70. The Bertz CT molecular complexity index is 508. The molecule has 0 saturated carbocycles. The number of benzene rings is 1. The van der Waals surface area contributed by atoms with Gasteiger partial charge in [0.1, 0.15) is 5.82 Å². The number of amides is 1. The van der Waals surface area contributed by atoms with E-state index in [1.807, 2.05) is 11.9 Å². The Morgan fingerprint density at radius 3 is 2.95 bits per heavy atom. The van der Waals surface area contributed by atoms with Gasteiger partial charge in [-0.3, -0.25) is 9.69 Å². The predicted molar refractivity (Wildman–Crippen MR) is 82.6 cm³/mol. The first-order valence-electron chi connectivity index (χ1n) is 7.19. The highest BCUT2D eigenvalue weighted by Gasteiger charge is 2.22. The number of hydrogen-bond acceptors (Lipinski definition) is 4. The van der Waals surface area contributed by atoms with Crippen molar-refractivity contribution >= 4 is 17.3 Å². The zero-order chi connectivity index (χ0) is 15.4. The smallest absolute Gasteiger partial charge is 0.238 e. The first kappa shape index (κ1) is 15.7. The predicted octanol–water partition coefficient (Wildman–Crippen LogP) is 1.37. The van der Waals surface area contributed by atoms with E-state index in [9.17, 15) is 9.18 Å². The molecule has 1 unspecified atom stereocenters. The van der Waals surface area contributed by atoms with Gasteiger partial charge in [-0.15, -0.1) is 0 Å². The van der Waals surface area contributed by atoms with Crippen LogP contribution in [0.5, 0.6) is 0 Å². The quantitative estimate of drug-likeness (QED) is 0.805. The SMILES string of the molecule is CN(CC(=O)Nc1ccc(F)c(N)c1)CC1CCCN1C. The number of hydrogen-bond donors (Lipinski definition) is 2. The maximum absolute atomic E-state index is 13.1. The summed E-state index contributed by atoms with van der Waals surface area (Å²) >= 11 is 0. The normalized spacial score (nSPS) is 19.1. The summed E-state index contributed by atoms with van der Waals surface area (Å²) in [5, 5.41) is 2.74. The lowest BCUT2D eigenvalue weighted by Crippen LogP contribution is -2.40. The number of carbonyl (C=O) groups excluding carboxylic acids is 1. The number of nitrogens with zero attached hydrogens (tertiary/aromatic N) is 2. The first-order chi connectivity index (χ1) is 9.95. The lowest BCUT2D eigenvalue weighted by molar-refractivity contribution is -0.117. The van der Waals surface area contributed by atoms with Crippen LogP contribution in [0.4, 0.5) is 15.8 Å². The summed E-state index contributed by atoms with van der Waals surface area (Å²) in [6, 6.07) is 4.71. The maximum Gasteiger partial charge on any atom is 0.238 e. The summed E-state index contributed by atoms with van der Waals surface area (Å²) < 4.78 is 13.1. The first-order valence-corrected chi connectivity index (χ1v) is 7.19. The molecular weight excluding hydrogens is 271 g/mol. The molecule has 1 saturated heterocycles. The number of anilines is 2. The van der Waals surface area contributed by atoms with Gasteiger partial charge in [-0.25, -0.2) is 4.39 Å². The molecule has 1 aliphatic rings. The summed E-state index contributed by atoms with van der Waals surface area (Å²) in [5.74, 6) is -0.599. The molecule has 0 bridgehead atoms. The van der Waals surface area contributed by atoms with E-state index in [2.05, 4.69) is 17.3 Å². The third-order valence-electron chi connectivity index (χ3n) is 3.89. The molecule has 21 heavy (non-hydrogen) atoms. The van der Waals surface area contributed by atoms with Gasteiger partial charge >= 0.3 is 0 Å². The summed E-state index contributed by atoms with van der Waals surface area (Å²) in [6.45, 7) is 2.30. The molecule has 1 amide bonds. The second kappa shape index (κ2) is 6.87. The van der Waals surface area contributed by atoms with E-state index < -0.39 is 5.82 Å². The number of halogens is 1. The number of rotatable bonds is 5. The average molecular weight is 294 g/mol. The van der Waals surface area contributed by atoms with Crippen LogP contribution in [-0.2, 0) is 4.79 Å². The van der Waals surface area contributed by atoms with Crippen LogP contribution in [0.25, 0.3) is 0 Å². The third-order valence-corrected chi connectivity index (χ3v) is 3.89. The van der Waals surface area contributed by atoms with Gasteiger partial charge in [0.25, 0.3) is 0 Å². The highest BCUT2D eigenvalue weighted by atomic mass is 19.1. The van der Waals surface area contributed by atoms with Gasteiger partial charge in [0.15, 0.2) is 0 Å². The lowest BCUT2D eigenvalue weighted by atomic mass is 10.2. The molecule has 0 spiro atoms. The van der Waals surface area contributed by atoms with Crippen LogP contribution >= 0.6 is 0 Å². The van der Waals surface area contributed by atoms with Gasteiger partial charge in [0, 0.05) is 18.3 Å². The fourth-order valence-corrected chi connectivity index (χ4v) is 2.70. The Labute approximate surface area is 124 Å². The van der Waals surface area contributed by atoms with Crippen LogP contribution in [0.2, 0.25) is 0 Å². The van der Waals surface area contributed by atoms with E-state index in [1.165, 1.54) is 31.0 Å². The second-order valence-electron chi connectivity index (χ2n) is 5.76. The standard InChI is InChI=1S/C15H23FN4O/c1-19(9-12-4-3-7-20(12)2)10-15(21)18-11-5-6-13(16)14(17)8-11/h5-6,8,12H,3-4,7,9-10,17H2,1-2H3,(H,18,21). The van der Waals surface area contributed by atoms with E-state index in [0.29, 0.717) is 18.3 Å². The minimum absolute atomic E-state index is 0.0359. The molecule has 116 valence electrons. The molecule has 5 nitrogen and oxygen atoms in total. The molecule has 0 aliphatic carbocycles. The minimum atomic E-state index is -0.477. The molecular formula is C15H23FN4O. The molecule has 3 N–H and O–H groups in total. The number of likely N-dealkylation sites (N-methyl/N-ethyl adjacent to an activating group) is 2. The van der Waals surface area contributed by atoms with Crippen molar-refractivity contribution in [2.75, 3.05) is 44.8 Å². The minimum Gasteiger partial charge on any atom is -0.396 e. The average Bonchev–Trinajstić information content (AvgIpc) is 2.79. The van der Waals surface area contributed by atoms with E-state index >= 15 is 0 Å². The number of nitrogen functional groups attached to an aromatic ring is 1. The largest absolute Gasteiger partial charge is 0.396 e. The third kappa shape index (κ3) is 4.41. The highest BCUT2D eigenvalue weighted by Crippen LogP contribution is 2.17. The van der Waals surface area contributed by atoms with E-state index in [1.54, 1.807) is 0 Å². The lowest BCUT2D eigenvalue weighted by Gasteiger charge is -2.25. The maximum atomic E-state index is 13.1. The van der Waals surface area contributed by atoms with Crippen molar-refractivity contribution in [1.29, 1.82) is 0 Å². The van der Waals surface area contributed by atoms with Gasteiger partial charge in [-0.05, 0) is 51.7 Å². The summed E-state index contributed by atoms with van der Waals surface area (Å²) in [7, 11) is 4.05. The summed E-state index contributed by atoms with van der Waals surface area (Å²) in [4.78, 5) is 16.3. The van der Waals surface area contributed by atoms with Gasteiger partial charge in [0.05, 0.1) is 12.2 Å². The fraction of sp³-hybridized carbons (Fsp3) is 0.533. The topological polar surface area (TPSA) is 61.6 Å². The van der Waals surface area contributed by atoms with Crippen LogP contribution in [0.15, 0.2) is 18.2 Å². The van der Waals surface area contributed by atoms with Crippen LogP contribution < -0.4 is 11.1 Å². The molecule has 1 fully saturated rings. The monoisotopic (exact) mass is 294 g/mol. The number of carbonyl (C=O) groups is 1. The van der Waals surface area contributed by atoms with Crippen LogP contribution in [-0.4, -0.2) is 55.5 Å². The molecule has 2 rings (SSSR count). The highest BCUT2D eigenvalue weighted by molar-refractivity contribution is 5.92. The molecule has 0 aromatic heterocycles. The van der Waals surface area contributed by atoms with Gasteiger partial charge < -0.3 is 16.0 Å². The van der Waals surface area contributed by atoms with Crippen molar-refractivity contribution in [2.24, 2.45) is 0 Å². The molecule has 0 radical (unpaired) electrons. The van der Waals surface area contributed by atoms with Crippen LogP contribution in [0.1, 0.15) is 12.8 Å². The van der Waals surface area contributed by atoms with E-state index in [-0.39, 0.29) is 11.6 Å². The van der Waals surface area contributed by atoms with Crippen molar-refractivity contribution in [3.8, 4) is 0 Å². The van der Waals surface area contributed by atoms with Gasteiger partial charge in [0.2, 0.25) is 5.91 Å². The van der Waals surface area contributed by atoms with E-state index in [4.69, 9.17) is 5.73 Å². The Balaban J connectivity index is 1.81. The van der Waals surface area contributed by atoms with Crippen molar-refractivity contribution in [3.63, 3.8) is 0 Å². The zero-order valence-electron chi connectivity index (χ0n) is 12.6. The molecule has 1 aromatic rings. The molecule has 1 aliphatic heterocycles. The molecule has 6 heteroatoms. The Morgan fingerprint density at radius 2 is 2.33 bits per heavy atom. The number of nitrogens with two attached hydrogens (primary N) is 1. The van der Waals surface area contributed by atoms with Crippen LogP contribution in [0.3, 0.4) is 0 Å². The summed E-state index contributed by atoms with van der Waals surface area (Å²) in [5.41, 5.74) is 6.03. The van der Waals surface area contributed by atoms with Crippen molar-refractivity contribution < 1.29 is 9.18 Å². The van der Waals surface area contributed by atoms with Gasteiger partial charge in [-0.1, -0.05) is 0 Å². The molecule has 1 heterocycles. The van der Waals surface area contributed by atoms with Crippen molar-refractivity contribution in [1.82, 2.24) is 9.80 Å². The summed E-state index contributed by atoms with van der Waals surface area (Å²) in [6.07, 6.45) is 2.40. The van der Waals surface area contributed by atoms with Crippen molar-refractivity contribution in [3.05, 3.63) is 24.0 Å².